The number of nitrogens with two attached hydrogens (primary N) is 1. The highest BCUT2D eigenvalue weighted by atomic mass is 32.2. The Labute approximate surface area is 76.7 Å². The summed E-state index contributed by atoms with van der Waals surface area (Å²) in [6, 6.07) is 6.11. The Hall–Kier alpha value is -1.27. The minimum absolute atomic E-state index is 0.358. The van der Waals surface area contributed by atoms with Crippen LogP contribution in [0.15, 0.2) is 24.3 Å². The maximum Gasteiger partial charge on any atom is 0.359 e. The van der Waals surface area contributed by atoms with Crippen molar-refractivity contribution in [3.8, 4) is 0 Å². The summed E-state index contributed by atoms with van der Waals surface area (Å²) in [4.78, 5) is 0. The summed E-state index contributed by atoms with van der Waals surface area (Å²) in [5.41, 5.74) is 6.30. The summed E-state index contributed by atoms with van der Waals surface area (Å²) < 4.78 is 30.8. The van der Waals surface area contributed by atoms with Crippen LogP contribution >= 0.6 is 0 Å². The van der Waals surface area contributed by atoms with Crippen molar-refractivity contribution in [1.29, 1.82) is 0 Å². The molecule has 13 heavy (non-hydrogen) atoms. The molecule has 5 nitrogen and oxygen atoms in total. The van der Waals surface area contributed by atoms with E-state index in [9.17, 15) is 8.42 Å². The summed E-state index contributed by atoms with van der Waals surface area (Å²) in [7, 11) is -2.93. The predicted molar refractivity (Wildman–Crippen MR) is 50.8 cm³/mol. The highest BCUT2D eigenvalue weighted by Gasteiger charge is 2.13. The Balaban J connectivity index is 3.04. The molecular formula is C7H10N2O3S. The fourth-order valence-corrected chi connectivity index (χ4v) is 1.21. The number of hydrogen-bond acceptors (Lipinski definition) is 3. The van der Waals surface area contributed by atoms with Gasteiger partial charge in [-0.15, -0.1) is 0 Å². The van der Waals surface area contributed by atoms with Gasteiger partial charge in [0, 0.05) is 12.7 Å². The molecule has 0 saturated carbocycles. The Kier molecular flexibility index (Phi) is 2.44. The van der Waals surface area contributed by atoms with Gasteiger partial charge in [0.15, 0.2) is 0 Å². The molecule has 0 heterocycles. The lowest BCUT2D eigenvalue weighted by Crippen LogP contribution is -2.25. The van der Waals surface area contributed by atoms with Crippen molar-refractivity contribution in [2.45, 2.75) is 0 Å². The summed E-state index contributed by atoms with van der Waals surface area (Å²) in [6.07, 6.45) is 0. The number of benzene rings is 1. The molecule has 3 N–H and O–H groups in total. The lowest BCUT2D eigenvalue weighted by atomic mass is 10.3. The van der Waals surface area contributed by atoms with Crippen molar-refractivity contribution in [2.24, 2.45) is 0 Å². The first-order valence-electron chi connectivity index (χ1n) is 3.48. The highest BCUT2D eigenvalue weighted by molar-refractivity contribution is 7.87. The van der Waals surface area contributed by atoms with Gasteiger partial charge in [0.2, 0.25) is 0 Å². The molecule has 1 aromatic rings. The zero-order chi connectivity index (χ0) is 10.1. The fourth-order valence-electron chi connectivity index (χ4n) is 0.817. The summed E-state index contributed by atoms with van der Waals surface area (Å²) in [6.45, 7) is 0. The average Bonchev–Trinajstić information content (AvgIpc) is 2.03. The van der Waals surface area contributed by atoms with Crippen molar-refractivity contribution in [3.63, 3.8) is 0 Å². The van der Waals surface area contributed by atoms with Gasteiger partial charge in [0.1, 0.15) is 0 Å². The van der Waals surface area contributed by atoms with Gasteiger partial charge < -0.3 is 5.73 Å². The molecule has 0 amide bonds. The zero-order valence-electron chi connectivity index (χ0n) is 7.01. The van der Waals surface area contributed by atoms with Crippen LogP contribution in [-0.2, 0) is 10.3 Å². The van der Waals surface area contributed by atoms with Crippen molar-refractivity contribution >= 4 is 21.7 Å². The number of hydrogen-bond donors (Lipinski definition) is 2. The third-order valence-electron chi connectivity index (χ3n) is 1.60. The molecule has 72 valence electrons. The topological polar surface area (TPSA) is 83.6 Å². The third-order valence-corrected chi connectivity index (χ3v) is 2.51. The Morgan fingerprint density at radius 1 is 1.31 bits per heavy atom. The Morgan fingerprint density at radius 2 is 1.77 bits per heavy atom. The van der Waals surface area contributed by atoms with E-state index in [1.807, 2.05) is 0 Å². The van der Waals surface area contributed by atoms with Crippen LogP contribution < -0.4 is 10.0 Å². The first-order valence-corrected chi connectivity index (χ1v) is 4.88. The first kappa shape index (κ1) is 9.82. The normalized spacial score (nSPS) is 11.2. The van der Waals surface area contributed by atoms with Gasteiger partial charge in [0.25, 0.3) is 0 Å². The number of rotatable bonds is 2. The van der Waals surface area contributed by atoms with Gasteiger partial charge >= 0.3 is 10.3 Å². The number of nitrogens with zero attached hydrogens (tertiary/aromatic N) is 1. The molecule has 0 unspecified atom stereocenters. The SMILES string of the molecule is CN(c1ccc(N)cc1)S(=O)(=O)O. The van der Waals surface area contributed by atoms with Crippen LogP contribution in [0.3, 0.4) is 0 Å². The van der Waals surface area contributed by atoms with Crippen molar-refractivity contribution in [3.05, 3.63) is 24.3 Å². The van der Waals surface area contributed by atoms with Gasteiger partial charge in [-0.2, -0.15) is 8.42 Å². The fraction of sp³-hybridized carbons (Fsp3) is 0.143. The molecule has 0 aliphatic heterocycles. The van der Waals surface area contributed by atoms with E-state index in [4.69, 9.17) is 10.3 Å². The quantitative estimate of drug-likeness (QED) is 0.540. The number of anilines is 2. The van der Waals surface area contributed by atoms with E-state index in [2.05, 4.69) is 0 Å². The molecule has 1 aromatic carbocycles. The maximum atomic E-state index is 10.7. The van der Waals surface area contributed by atoms with Crippen LogP contribution in [0.5, 0.6) is 0 Å². The smallest absolute Gasteiger partial charge is 0.359 e. The highest BCUT2D eigenvalue weighted by Crippen LogP contribution is 2.16. The van der Waals surface area contributed by atoms with Crippen LogP contribution in [0.25, 0.3) is 0 Å². The molecule has 0 aliphatic rings. The van der Waals surface area contributed by atoms with Gasteiger partial charge in [-0.25, -0.2) is 0 Å². The largest absolute Gasteiger partial charge is 0.399 e. The molecule has 6 heteroatoms. The molecule has 0 aliphatic carbocycles. The van der Waals surface area contributed by atoms with Crippen LogP contribution in [0.2, 0.25) is 0 Å². The molecule has 0 bridgehead atoms. The molecule has 0 spiro atoms. The van der Waals surface area contributed by atoms with Crippen LogP contribution in [-0.4, -0.2) is 20.0 Å². The number of nitrogen functional groups attached to an aromatic ring is 1. The second kappa shape index (κ2) is 3.23. The van der Waals surface area contributed by atoms with Gasteiger partial charge in [-0.05, 0) is 24.3 Å². The zero-order valence-corrected chi connectivity index (χ0v) is 7.82. The van der Waals surface area contributed by atoms with E-state index in [1.54, 1.807) is 12.1 Å². The van der Waals surface area contributed by atoms with Crippen molar-refractivity contribution < 1.29 is 13.0 Å². The van der Waals surface area contributed by atoms with E-state index < -0.39 is 10.3 Å². The minimum atomic E-state index is -4.18. The lowest BCUT2D eigenvalue weighted by Gasteiger charge is -2.14. The minimum Gasteiger partial charge on any atom is -0.399 e. The van der Waals surface area contributed by atoms with Crippen LogP contribution in [0, 0.1) is 0 Å². The summed E-state index contributed by atoms with van der Waals surface area (Å²) >= 11 is 0. The third kappa shape index (κ3) is 2.33. The van der Waals surface area contributed by atoms with Crippen molar-refractivity contribution in [2.75, 3.05) is 17.1 Å². The second-order valence-corrected chi connectivity index (χ2v) is 3.98. The van der Waals surface area contributed by atoms with E-state index in [1.165, 1.54) is 19.2 Å². The van der Waals surface area contributed by atoms with Gasteiger partial charge in [-0.1, -0.05) is 0 Å². The standard InChI is InChI=1S/C7H10N2O3S/c1-9(13(10,11)12)7-4-2-6(8)3-5-7/h2-5H,8H2,1H3,(H,10,11,12). The molecule has 0 atom stereocenters. The molecule has 0 saturated heterocycles. The lowest BCUT2D eigenvalue weighted by molar-refractivity contribution is 0.481. The van der Waals surface area contributed by atoms with E-state index >= 15 is 0 Å². The van der Waals surface area contributed by atoms with E-state index in [-0.39, 0.29) is 0 Å². The maximum absolute atomic E-state index is 10.7. The van der Waals surface area contributed by atoms with Crippen LogP contribution in [0.4, 0.5) is 11.4 Å². The summed E-state index contributed by atoms with van der Waals surface area (Å²) in [5.74, 6) is 0. The summed E-state index contributed by atoms with van der Waals surface area (Å²) in [5, 5.41) is 0. The van der Waals surface area contributed by atoms with E-state index in [0.29, 0.717) is 11.4 Å². The Morgan fingerprint density at radius 3 is 2.15 bits per heavy atom. The average molecular weight is 202 g/mol. The monoisotopic (exact) mass is 202 g/mol. The van der Waals surface area contributed by atoms with E-state index in [0.717, 1.165) is 4.31 Å². The first-order chi connectivity index (χ1) is 5.91. The van der Waals surface area contributed by atoms with Gasteiger partial charge in [0.05, 0.1) is 5.69 Å². The Bertz CT molecular complexity index is 385. The van der Waals surface area contributed by atoms with Gasteiger partial charge in [-0.3, -0.25) is 8.86 Å². The molecule has 0 aromatic heterocycles. The van der Waals surface area contributed by atoms with Crippen LogP contribution in [0.1, 0.15) is 0 Å². The van der Waals surface area contributed by atoms with Crippen molar-refractivity contribution in [1.82, 2.24) is 0 Å². The molecule has 0 fully saturated rings. The second-order valence-electron chi connectivity index (χ2n) is 2.54. The predicted octanol–water partition coefficient (Wildman–Crippen LogP) is 0.508. The molecule has 1 rings (SSSR count). The molecular weight excluding hydrogens is 192 g/mol. The molecule has 0 radical (unpaired) electrons.